The molecule has 0 aliphatic rings. The highest BCUT2D eigenvalue weighted by atomic mass is 16.3. The topological polar surface area (TPSA) is 82.2 Å². The number of hydrogen-bond donors (Lipinski definition) is 3. The van der Waals surface area contributed by atoms with Gasteiger partial charge in [0, 0.05) is 18.8 Å². The van der Waals surface area contributed by atoms with Crippen molar-refractivity contribution >= 4 is 5.91 Å². The lowest BCUT2D eigenvalue weighted by atomic mass is 10.2. The number of carbonyl (C=O) groups excluding carboxylic acids is 1. The molecule has 0 saturated heterocycles. The van der Waals surface area contributed by atoms with Crippen molar-refractivity contribution in [2.75, 3.05) is 6.54 Å². The minimum Gasteiger partial charge on any atom is -0.507 e. The van der Waals surface area contributed by atoms with Crippen molar-refractivity contribution in [3.63, 3.8) is 0 Å². The predicted octanol–water partition coefficient (Wildman–Crippen LogP) is 0.220. The van der Waals surface area contributed by atoms with Gasteiger partial charge in [-0.3, -0.25) is 9.59 Å². The van der Waals surface area contributed by atoms with Crippen molar-refractivity contribution < 1.29 is 9.90 Å². The Labute approximate surface area is 80.8 Å². The molecule has 0 bridgehead atoms. The van der Waals surface area contributed by atoms with Gasteiger partial charge in [0.25, 0.3) is 11.5 Å². The minimum absolute atomic E-state index is 0.0815. The van der Waals surface area contributed by atoms with Crippen LogP contribution in [0, 0.1) is 0 Å². The molecule has 0 saturated carbocycles. The number of aromatic hydroxyl groups is 1. The van der Waals surface area contributed by atoms with Crippen molar-refractivity contribution in [3.8, 4) is 5.75 Å². The standard InChI is InChI=1S/C9H12N2O3/c1-2-3-10-9(14)6-5-11-8(13)4-7(6)12/h4-5H,2-3H2,1H3,(H,10,14)(H2,11,12,13). The van der Waals surface area contributed by atoms with Gasteiger partial charge in [0.05, 0.1) is 5.56 Å². The molecule has 1 heterocycles. The summed E-state index contributed by atoms with van der Waals surface area (Å²) in [7, 11) is 0. The largest absolute Gasteiger partial charge is 0.507 e. The maximum absolute atomic E-state index is 11.3. The Morgan fingerprint density at radius 3 is 2.93 bits per heavy atom. The van der Waals surface area contributed by atoms with Gasteiger partial charge >= 0.3 is 0 Å². The van der Waals surface area contributed by atoms with E-state index in [0.29, 0.717) is 6.54 Å². The summed E-state index contributed by atoms with van der Waals surface area (Å²) >= 11 is 0. The van der Waals surface area contributed by atoms with Crippen LogP contribution in [0.1, 0.15) is 23.7 Å². The predicted molar refractivity (Wildman–Crippen MR) is 51.4 cm³/mol. The number of amides is 1. The van der Waals surface area contributed by atoms with Gasteiger partial charge in [0.1, 0.15) is 5.75 Å². The fourth-order valence-corrected chi connectivity index (χ4v) is 0.976. The van der Waals surface area contributed by atoms with Gasteiger partial charge in [-0.1, -0.05) is 6.92 Å². The quantitative estimate of drug-likeness (QED) is 0.646. The van der Waals surface area contributed by atoms with Gasteiger partial charge in [-0.15, -0.1) is 0 Å². The summed E-state index contributed by atoms with van der Waals surface area (Å²) in [6, 6.07) is 0.973. The van der Waals surface area contributed by atoms with Crippen molar-refractivity contribution in [2.24, 2.45) is 0 Å². The molecule has 0 aliphatic heterocycles. The van der Waals surface area contributed by atoms with Crippen LogP contribution in [0.25, 0.3) is 0 Å². The van der Waals surface area contributed by atoms with Crippen LogP contribution in [0.15, 0.2) is 17.1 Å². The zero-order valence-corrected chi connectivity index (χ0v) is 7.83. The Morgan fingerprint density at radius 2 is 2.36 bits per heavy atom. The monoisotopic (exact) mass is 196 g/mol. The van der Waals surface area contributed by atoms with E-state index < -0.39 is 5.56 Å². The van der Waals surface area contributed by atoms with Crippen molar-refractivity contribution in [3.05, 3.63) is 28.2 Å². The Hall–Kier alpha value is -1.78. The molecule has 0 aliphatic carbocycles. The second-order valence-electron chi connectivity index (χ2n) is 2.85. The Morgan fingerprint density at radius 1 is 1.64 bits per heavy atom. The third-order valence-corrected chi connectivity index (χ3v) is 1.68. The Kier molecular flexibility index (Phi) is 3.28. The van der Waals surface area contributed by atoms with E-state index in [2.05, 4.69) is 10.3 Å². The van der Waals surface area contributed by atoms with E-state index in [1.165, 1.54) is 6.20 Å². The number of H-pyrrole nitrogens is 1. The zero-order valence-electron chi connectivity index (χ0n) is 7.83. The average molecular weight is 196 g/mol. The molecule has 0 unspecified atom stereocenters. The Balaban J connectivity index is 2.85. The van der Waals surface area contributed by atoms with Crippen LogP contribution >= 0.6 is 0 Å². The summed E-state index contributed by atoms with van der Waals surface area (Å²) in [6.45, 7) is 2.46. The first-order valence-corrected chi connectivity index (χ1v) is 4.35. The number of pyridine rings is 1. The molecule has 0 atom stereocenters. The number of carbonyl (C=O) groups is 1. The van der Waals surface area contributed by atoms with Gasteiger partial charge in [-0.05, 0) is 6.42 Å². The Bertz CT molecular complexity index is 384. The van der Waals surface area contributed by atoms with Gasteiger partial charge in [-0.25, -0.2) is 0 Å². The second-order valence-corrected chi connectivity index (χ2v) is 2.85. The van der Waals surface area contributed by atoms with Crippen LogP contribution in [0.4, 0.5) is 0 Å². The fraction of sp³-hybridized carbons (Fsp3) is 0.333. The summed E-state index contributed by atoms with van der Waals surface area (Å²) in [5, 5.41) is 11.9. The van der Waals surface area contributed by atoms with E-state index in [1.807, 2.05) is 6.92 Å². The van der Waals surface area contributed by atoms with Crippen LogP contribution in [0.3, 0.4) is 0 Å². The summed E-state index contributed by atoms with van der Waals surface area (Å²) in [5.74, 6) is -0.692. The maximum atomic E-state index is 11.3. The van der Waals surface area contributed by atoms with Crippen LogP contribution < -0.4 is 10.9 Å². The molecule has 3 N–H and O–H groups in total. The van der Waals surface area contributed by atoms with Gasteiger partial charge < -0.3 is 15.4 Å². The van der Waals surface area contributed by atoms with Gasteiger partial charge in [0.2, 0.25) is 0 Å². The normalized spacial score (nSPS) is 9.79. The molecule has 1 rings (SSSR count). The first kappa shape index (κ1) is 10.3. The molecule has 0 aromatic carbocycles. The van der Waals surface area contributed by atoms with Crippen LogP contribution in [0.2, 0.25) is 0 Å². The summed E-state index contributed by atoms with van der Waals surface area (Å²) in [4.78, 5) is 24.4. The molecular weight excluding hydrogens is 184 g/mol. The number of nitrogens with one attached hydrogen (secondary N) is 2. The number of aromatic nitrogens is 1. The fourth-order valence-electron chi connectivity index (χ4n) is 0.976. The summed E-state index contributed by atoms with van der Waals surface area (Å²) in [6.07, 6.45) is 2.01. The van der Waals surface area contributed by atoms with E-state index >= 15 is 0 Å². The lowest BCUT2D eigenvalue weighted by molar-refractivity contribution is 0.0950. The minimum atomic E-state index is -0.436. The highest BCUT2D eigenvalue weighted by Gasteiger charge is 2.09. The number of rotatable bonds is 3. The van der Waals surface area contributed by atoms with Gasteiger partial charge in [-0.2, -0.15) is 0 Å². The second kappa shape index (κ2) is 4.45. The molecule has 5 heteroatoms. The molecule has 0 radical (unpaired) electrons. The summed E-state index contributed by atoms with van der Waals surface area (Å²) < 4.78 is 0. The molecule has 1 aromatic heterocycles. The van der Waals surface area contributed by atoms with Crippen LogP contribution in [0.5, 0.6) is 5.75 Å². The molecule has 0 fully saturated rings. The van der Waals surface area contributed by atoms with Crippen LogP contribution in [-0.2, 0) is 0 Å². The summed E-state index contributed by atoms with van der Waals surface area (Å²) in [5.41, 5.74) is -0.354. The molecular formula is C9H12N2O3. The third kappa shape index (κ3) is 2.35. The molecule has 0 spiro atoms. The smallest absolute Gasteiger partial charge is 0.256 e. The van der Waals surface area contributed by atoms with E-state index in [4.69, 9.17) is 0 Å². The molecule has 5 nitrogen and oxygen atoms in total. The first-order chi connectivity index (χ1) is 6.65. The highest BCUT2D eigenvalue weighted by molar-refractivity contribution is 5.96. The number of hydrogen-bond acceptors (Lipinski definition) is 3. The zero-order chi connectivity index (χ0) is 10.6. The van der Waals surface area contributed by atoms with E-state index in [9.17, 15) is 14.7 Å². The highest BCUT2D eigenvalue weighted by Crippen LogP contribution is 2.11. The molecule has 76 valence electrons. The third-order valence-electron chi connectivity index (χ3n) is 1.68. The SMILES string of the molecule is CCCNC(=O)c1c[nH]c(=O)cc1O. The molecule has 1 aromatic rings. The van der Waals surface area contributed by atoms with E-state index in [1.54, 1.807) is 0 Å². The van der Waals surface area contributed by atoms with Crippen molar-refractivity contribution in [1.82, 2.24) is 10.3 Å². The van der Waals surface area contributed by atoms with Gasteiger partial charge in [0.15, 0.2) is 0 Å². The van der Waals surface area contributed by atoms with Crippen molar-refractivity contribution in [1.29, 1.82) is 0 Å². The maximum Gasteiger partial charge on any atom is 0.256 e. The van der Waals surface area contributed by atoms with Crippen LogP contribution in [-0.4, -0.2) is 22.5 Å². The first-order valence-electron chi connectivity index (χ1n) is 4.35. The average Bonchev–Trinajstić information content (AvgIpc) is 2.14. The lowest BCUT2D eigenvalue weighted by Gasteiger charge is -2.04. The molecule has 14 heavy (non-hydrogen) atoms. The molecule has 1 amide bonds. The lowest BCUT2D eigenvalue weighted by Crippen LogP contribution is -2.24. The van der Waals surface area contributed by atoms with E-state index in [-0.39, 0.29) is 17.2 Å². The van der Waals surface area contributed by atoms with E-state index in [0.717, 1.165) is 12.5 Å². The number of aromatic amines is 1. The van der Waals surface area contributed by atoms with Crippen molar-refractivity contribution in [2.45, 2.75) is 13.3 Å².